The largest absolute Gasteiger partial charge is 0.507 e. The van der Waals surface area contributed by atoms with E-state index in [1.165, 1.54) is 24.1 Å². The van der Waals surface area contributed by atoms with Crippen molar-refractivity contribution in [3.63, 3.8) is 0 Å². The summed E-state index contributed by atoms with van der Waals surface area (Å²) < 4.78 is 5.20. The van der Waals surface area contributed by atoms with Crippen molar-refractivity contribution in [2.75, 3.05) is 20.3 Å². The third-order valence-corrected chi connectivity index (χ3v) is 5.17. The molecule has 1 aliphatic heterocycles. The van der Waals surface area contributed by atoms with Gasteiger partial charge in [0, 0.05) is 22.7 Å². The number of nitrogens with zero attached hydrogens (tertiary/aromatic N) is 2. The van der Waals surface area contributed by atoms with Crippen molar-refractivity contribution >= 4 is 17.5 Å². The summed E-state index contributed by atoms with van der Waals surface area (Å²) in [5, 5.41) is 37.2. The molecule has 0 saturated heterocycles. The van der Waals surface area contributed by atoms with E-state index in [-0.39, 0.29) is 42.0 Å². The number of aromatic amines is 1. The number of amides is 1. The highest BCUT2D eigenvalue weighted by Gasteiger charge is 2.42. The van der Waals surface area contributed by atoms with Crippen molar-refractivity contribution < 1.29 is 24.9 Å². The quantitative estimate of drug-likeness (QED) is 0.508. The van der Waals surface area contributed by atoms with E-state index in [1.807, 2.05) is 0 Å². The number of benzene rings is 2. The molecule has 9 heteroatoms. The molecule has 4 rings (SSSR count). The molecule has 1 atom stereocenters. The van der Waals surface area contributed by atoms with E-state index in [4.69, 9.17) is 16.3 Å². The van der Waals surface area contributed by atoms with Crippen LogP contribution in [0, 0.1) is 0 Å². The zero-order valence-corrected chi connectivity index (χ0v) is 16.1. The van der Waals surface area contributed by atoms with Crippen molar-refractivity contribution in [3.8, 4) is 28.5 Å². The Balaban J connectivity index is 1.93. The summed E-state index contributed by atoms with van der Waals surface area (Å²) >= 11 is 6.10. The first-order valence-electron chi connectivity index (χ1n) is 8.82. The third kappa shape index (κ3) is 3.06. The Labute approximate surface area is 170 Å². The molecule has 1 unspecified atom stereocenters. The van der Waals surface area contributed by atoms with Crippen LogP contribution >= 0.6 is 11.6 Å². The van der Waals surface area contributed by atoms with Crippen LogP contribution in [0.4, 0.5) is 0 Å². The summed E-state index contributed by atoms with van der Waals surface area (Å²) in [6, 6.07) is 8.75. The topological polar surface area (TPSA) is 119 Å². The average molecular weight is 416 g/mol. The zero-order chi connectivity index (χ0) is 20.7. The van der Waals surface area contributed by atoms with E-state index in [0.717, 1.165) is 0 Å². The van der Waals surface area contributed by atoms with Crippen LogP contribution in [0.1, 0.15) is 27.7 Å². The number of nitrogens with one attached hydrogen (secondary N) is 1. The number of carbonyl (C=O) groups excluding carboxylic acids is 1. The first-order valence-corrected chi connectivity index (χ1v) is 9.20. The number of aromatic hydroxyl groups is 2. The Morgan fingerprint density at radius 1 is 1.21 bits per heavy atom. The predicted molar refractivity (Wildman–Crippen MR) is 105 cm³/mol. The lowest BCUT2D eigenvalue weighted by atomic mass is 9.95. The second kappa shape index (κ2) is 7.31. The van der Waals surface area contributed by atoms with Gasteiger partial charge in [0.25, 0.3) is 5.91 Å². The number of hydrogen-bond acceptors (Lipinski definition) is 6. The fourth-order valence-electron chi connectivity index (χ4n) is 3.65. The molecule has 0 radical (unpaired) electrons. The van der Waals surface area contributed by atoms with Crippen molar-refractivity contribution in [3.05, 3.63) is 58.2 Å². The number of aliphatic hydroxyl groups is 1. The van der Waals surface area contributed by atoms with Gasteiger partial charge in [-0.05, 0) is 35.9 Å². The number of H-pyrrole nitrogens is 1. The summed E-state index contributed by atoms with van der Waals surface area (Å²) in [6.07, 6.45) is 0. The van der Waals surface area contributed by atoms with Crippen LogP contribution in [0.3, 0.4) is 0 Å². The van der Waals surface area contributed by atoms with E-state index in [2.05, 4.69) is 10.2 Å². The number of fused-ring (bicyclic) bond motifs is 1. The number of halogens is 1. The molecule has 3 aromatic rings. The number of aliphatic hydroxyl groups excluding tert-OH is 1. The second-order valence-corrected chi connectivity index (χ2v) is 7.01. The van der Waals surface area contributed by atoms with Crippen molar-refractivity contribution in [1.82, 2.24) is 15.1 Å². The molecule has 2 aromatic carbocycles. The normalized spacial score (nSPS) is 15.6. The molecular weight excluding hydrogens is 398 g/mol. The number of hydrogen-bond donors (Lipinski definition) is 4. The number of ether oxygens (including phenoxy) is 1. The van der Waals surface area contributed by atoms with Gasteiger partial charge in [0.15, 0.2) is 11.5 Å². The third-order valence-electron chi connectivity index (χ3n) is 4.94. The Kier molecular flexibility index (Phi) is 4.81. The lowest BCUT2D eigenvalue weighted by Gasteiger charge is -2.26. The summed E-state index contributed by atoms with van der Waals surface area (Å²) in [5.74, 6) is -0.137. The number of methoxy groups -OCH3 is 1. The van der Waals surface area contributed by atoms with Gasteiger partial charge < -0.3 is 25.0 Å². The highest BCUT2D eigenvalue weighted by molar-refractivity contribution is 6.31. The molecule has 2 heterocycles. The van der Waals surface area contributed by atoms with Crippen LogP contribution in [-0.4, -0.2) is 56.6 Å². The fourth-order valence-corrected chi connectivity index (χ4v) is 3.82. The minimum absolute atomic E-state index is 0.0289. The van der Waals surface area contributed by atoms with Gasteiger partial charge in [-0.25, -0.2) is 0 Å². The highest BCUT2D eigenvalue weighted by Crippen LogP contribution is 2.45. The molecule has 150 valence electrons. The minimum atomic E-state index is -0.605. The Hall–Kier alpha value is -3.23. The number of phenolic OH excluding ortho intramolecular Hbond substituents is 2. The molecule has 1 aromatic heterocycles. The zero-order valence-electron chi connectivity index (χ0n) is 15.4. The number of β-amino-alcohol motifs (C(OH)–C–C–N with tert-alkyl or cyclic N) is 1. The lowest BCUT2D eigenvalue weighted by molar-refractivity contribution is 0.0706. The number of phenols is 2. The maximum atomic E-state index is 13.0. The average Bonchev–Trinajstić information content (AvgIpc) is 3.24. The van der Waals surface area contributed by atoms with Crippen molar-refractivity contribution in [2.45, 2.75) is 6.04 Å². The molecule has 0 aliphatic carbocycles. The number of aromatic nitrogens is 2. The first-order chi connectivity index (χ1) is 14.0. The van der Waals surface area contributed by atoms with E-state index < -0.39 is 6.04 Å². The van der Waals surface area contributed by atoms with E-state index >= 15 is 0 Å². The highest BCUT2D eigenvalue weighted by atomic mass is 35.5. The van der Waals surface area contributed by atoms with Crippen LogP contribution in [0.25, 0.3) is 11.3 Å². The minimum Gasteiger partial charge on any atom is -0.507 e. The summed E-state index contributed by atoms with van der Waals surface area (Å²) in [4.78, 5) is 14.5. The van der Waals surface area contributed by atoms with Gasteiger partial charge in [0.1, 0.15) is 17.1 Å². The van der Waals surface area contributed by atoms with Crippen molar-refractivity contribution in [2.24, 2.45) is 0 Å². The van der Waals surface area contributed by atoms with Gasteiger partial charge in [0.2, 0.25) is 0 Å². The molecule has 0 saturated carbocycles. The van der Waals surface area contributed by atoms with Crippen LogP contribution in [-0.2, 0) is 0 Å². The summed E-state index contributed by atoms with van der Waals surface area (Å²) in [6.45, 7) is -0.136. The van der Waals surface area contributed by atoms with Gasteiger partial charge in [-0.1, -0.05) is 17.7 Å². The molecule has 0 spiro atoms. The molecule has 29 heavy (non-hydrogen) atoms. The number of carbonyl (C=O) groups is 1. The Morgan fingerprint density at radius 2 is 1.97 bits per heavy atom. The Bertz CT molecular complexity index is 1100. The smallest absolute Gasteiger partial charge is 0.273 e. The number of rotatable bonds is 5. The van der Waals surface area contributed by atoms with Gasteiger partial charge >= 0.3 is 0 Å². The predicted octanol–water partition coefficient (Wildman–Crippen LogP) is 2.69. The van der Waals surface area contributed by atoms with Crippen LogP contribution in [0.2, 0.25) is 5.02 Å². The molecular formula is C20H18ClN3O5. The van der Waals surface area contributed by atoms with Crippen LogP contribution < -0.4 is 4.74 Å². The molecule has 0 bridgehead atoms. The maximum Gasteiger partial charge on any atom is 0.273 e. The lowest BCUT2D eigenvalue weighted by Crippen LogP contribution is -2.32. The van der Waals surface area contributed by atoms with Gasteiger partial charge in [0.05, 0.1) is 19.8 Å². The van der Waals surface area contributed by atoms with Gasteiger partial charge in [-0.3, -0.25) is 9.89 Å². The second-order valence-electron chi connectivity index (χ2n) is 6.58. The van der Waals surface area contributed by atoms with E-state index in [0.29, 0.717) is 27.4 Å². The molecule has 8 nitrogen and oxygen atoms in total. The summed E-state index contributed by atoms with van der Waals surface area (Å²) in [7, 11) is 1.43. The van der Waals surface area contributed by atoms with E-state index in [9.17, 15) is 20.1 Å². The molecule has 1 aliphatic rings. The summed E-state index contributed by atoms with van der Waals surface area (Å²) in [5.41, 5.74) is 2.23. The van der Waals surface area contributed by atoms with Crippen LogP contribution in [0.5, 0.6) is 17.2 Å². The fraction of sp³-hybridized carbons (Fsp3) is 0.200. The maximum absolute atomic E-state index is 13.0. The molecule has 4 N–H and O–H groups in total. The first kappa shape index (κ1) is 19.1. The molecule has 1 amide bonds. The van der Waals surface area contributed by atoms with Gasteiger partial charge in [-0.2, -0.15) is 5.10 Å². The SMILES string of the molecule is COc1cc(C2c3c(-c4cc(Cl)ccc4O)n[nH]c3C(=O)N2CCO)ccc1O. The van der Waals surface area contributed by atoms with Crippen LogP contribution in [0.15, 0.2) is 36.4 Å². The monoisotopic (exact) mass is 415 g/mol. The standard InChI is InChI=1S/C20H18ClN3O5/c1-29-15-8-10(2-4-14(15)27)19-16-17(12-9-11(21)3-5-13(12)26)22-23-18(16)20(28)24(19)6-7-25/h2-5,8-9,19,25-27H,6-7H2,1H3,(H,22,23). The molecule has 0 fully saturated rings. The van der Waals surface area contributed by atoms with Gasteiger partial charge in [-0.15, -0.1) is 0 Å². The Morgan fingerprint density at radius 3 is 2.69 bits per heavy atom. The van der Waals surface area contributed by atoms with Crippen molar-refractivity contribution in [1.29, 1.82) is 0 Å². The van der Waals surface area contributed by atoms with E-state index in [1.54, 1.807) is 24.3 Å².